The van der Waals surface area contributed by atoms with Crippen molar-refractivity contribution in [2.45, 2.75) is 70.7 Å². The molecule has 0 aliphatic carbocycles. The van der Waals surface area contributed by atoms with Crippen LogP contribution >= 0.6 is 0 Å². The van der Waals surface area contributed by atoms with E-state index in [1.54, 1.807) is 0 Å². The summed E-state index contributed by atoms with van der Waals surface area (Å²) < 4.78 is 13.7. The summed E-state index contributed by atoms with van der Waals surface area (Å²) >= 11 is 0. The van der Waals surface area contributed by atoms with Crippen molar-refractivity contribution < 1.29 is 19.1 Å². The van der Waals surface area contributed by atoms with Crippen LogP contribution in [-0.2, 0) is 14.0 Å². The normalized spacial score (nSPS) is 27.5. The molecule has 10 heteroatoms. The lowest BCUT2D eigenvalue weighted by molar-refractivity contribution is -0.114. The lowest BCUT2D eigenvalue weighted by Crippen LogP contribution is -2.53. The van der Waals surface area contributed by atoms with Gasteiger partial charge in [-0.05, 0) is 24.2 Å². The molecular formula is C19H30N4O5Si. The quantitative estimate of drug-likeness (QED) is 0.695. The molecule has 1 amide bonds. The first-order valence-electron chi connectivity index (χ1n) is 9.52. The Bertz CT molecular complexity index is 873. The molecule has 2 rings (SSSR count). The standard InChI is InChI=1S/C19H30N4O5Si/c1-12-15(28-29(6,7)18(3,4)5)19(10-20,11-24)27-16(12)23-9-8-14(21-13(2)25)22-17(23)26/h8-9,12,15-16,24H,11H2,1-7H3,(H,21,22,25,26)/t12-,15-,16+,19+/m0/s1. The van der Waals surface area contributed by atoms with Gasteiger partial charge in [-0.2, -0.15) is 10.2 Å². The second-order valence-corrected chi connectivity index (χ2v) is 13.8. The van der Waals surface area contributed by atoms with Crippen LogP contribution in [0.2, 0.25) is 18.1 Å². The number of hydrogen-bond donors (Lipinski definition) is 2. The number of aromatic nitrogens is 2. The van der Waals surface area contributed by atoms with Crippen LogP contribution in [0.1, 0.15) is 40.8 Å². The molecule has 2 N–H and O–H groups in total. The number of rotatable bonds is 5. The minimum atomic E-state index is -2.30. The maximum absolute atomic E-state index is 12.5. The average Bonchev–Trinajstić information content (AvgIpc) is 2.86. The highest BCUT2D eigenvalue weighted by molar-refractivity contribution is 6.74. The van der Waals surface area contributed by atoms with Gasteiger partial charge in [0, 0.05) is 19.0 Å². The Morgan fingerprint density at radius 1 is 1.52 bits per heavy atom. The molecule has 1 saturated heterocycles. The Hall–Kier alpha value is -2.06. The Balaban J connectivity index is 2.44. The van der Waals surface area contributed by atoms with E-state index in [1.165, 1.54) is 23.8 Å². The second-order valence-electron chi connectivity index (χ2n) is 9.01. The van der Waals surface area contributed by atoms with Crippen LogP contribution in [0.25, 0.3) is 0 Å². The maximum Gasteiger partial charge on any atom is 0.351 e. The van der Waals surface area contributed by atoms with Crippen LogP contribution in [0.15, 0.2) is 17.1 Å². The molecule has 0 aromatic carbocycles. The van der Waals surface area contributed by atoms with Crippen LogP contribution < -0.4 is 11.0 Å². The van der Waals surface area contributed by atoms with Crippen LogP contribution in [0.5, 0.6) is 0 Å². The summed E-state index contributed by atoms with van der Waals surface area (Å²) in [5, 5.41) is 22.2. The first-order chi connectivity index (χ1) is 13.3. The number of hydrogen-bond acceptors (Lipinski definition) is 7. The molecule has 9 nitrogen and oxygen atoms in total. The summed E-state index contributed by atoms with van der Waals surface area (Å²) in [6.45, 7) is 12.9. The van der Waals surface area contributed by atoms with Gasteiger partial charge in [0.2, 0.25) is 11.5 Å². The number of nitriles is 1. The Labute approximate surface area is 171 Å². The van der Waals surface area contributed by atoms with Crippen LogP contribution in [0.4, 0.5) is 5.82 Å². The molecule has 0 radical (unpaired) electrons. The van der Waals surface area contributed by atoms with Gasteiger partial charge in [0.1, 0.15) is 18.1 Å². The zero-order chi connectivity index (χ0) is 22.2. The third-order valence-corrected chi connectivity index (χ3v) is 10.2. The summed E-state index contributed by atoms with van der Waals surface area (Å²) in [5.74, 6) is -0.610. The zero-order valence-electron chi connectivity index (χ0n) is 18.0. The van der Waals surface area contributed by atoms with E-state index in [0.29, 0.717) is 0 Å². The van der Waals surface area contributed by atoms with Gasteiger partial charge in [-0.15, -0.1) is 0 Å². The van der Waals surface area contributed by atoms with Gasteiger partial charge < -0.3 is 19.6 Å². The summed E-state index contributed by atoms with van der Waals surface area (Å²) in [6.07, 6.45) is -0.107. The highest BCUT2D eigenvalue weighted by Gasteiger charge is 2.58. The van der Waals surface area contributed by atoms with Gasteiger partial charge in [0.05, 0.1) is 12.7 Å². The minimum Gasteiger partial charge on any atom is -0.409 e. The molecule has 1 fully saturated rings. The lowest BCUT2D eigenvalue weighted by atomic mass is 9.92. The van der Waals surface area contributed by atoms with E-state index in [1.807, 2.05) is 6.92 Å². The number of nitrogens with zero attached hydrogens (tertiary/aromatic N) is 3. The van der Waals surface area contributed by atoms with E-state index in [9.17, 15) is 20.0 Å². The molecule has 1 aromatic rings. The molecule has 1 aromatic heterocycles. The highest BCUT2D eigenvalue weighted by Crippen LogP contribution is 2.46. The van der Waals surface area contributed by atoms with E-state index >= 15 is 0 Å². The number of aliphatic hydroxyl groups excluding tert-OH is 1. The Morgan fingerprint density at radius 2 is 2.14 bits per heavy atom. The summed E-state index contributed by atoms with van der Waals surface area (Å²) in [6, 6.07) is 3.55. The van der Waals surface area contributed by atoms with Crippen molar-refractivity contribution in [2.24, 2.45) is 5.92 Å². The van der Waals surface area contributed by atoms with Crippen molar-refractivity contribution in [3.8, 4) is 6.07 Å². The van der Waals surface area contributed by atoms with Gasteiger partial charge in [-0.3, -0.25) is 9.36 Å². The second kappa shape index (κ2) is 7.99. The van der Waals surface area contributed by atoms with Crippen molar-refractivity contribution in [1.29, 1.82) is 5.26 Å². The number of amides is 1. The van der Waals surface area contributed by atoms with Gasteiger partial charge in [0.15, 0.2) is 8.32 Å². The Kier molecular flexibility index (Phi) is 6.39. The molecule has 0 unspecified atom stereocenters. The smallest absolute Gasteiger partial charge is 0.351 e. The summed E-state index contributed by atoms with van der Waals surface area (Å²) in [4.78, 5) is 27.6. The molecule has 0 bridgehead atoms. The van der Waals surface area contributed by atoms with Gasteiger partial charge in [-0.1, -0.05) is 27.7 Å². The van der Waals surface area contributed by atoms with E-state index in [4.69, 9.17) is 9.16 Å². The lowest BCUT2D eigenvalue weighted by Gasteiger charge is -2.41. The molecule has 29 heavy (non-hydrogen) atoms. The number of nitrogens with one attached hydrogen (secondary N) is 1. The highest BCUT2D eigenvalue weighted by atomic mass is 28.4. The molecular weight excluding hydrogens is 392 g/mol. The van der Waals surface area contributed by atoms with Crippen LogP contribution in [0.3, 0.4) is 0 Å². The SMILES string of the molecule is CC(=O)Nc1ccn([C@@H]2O[C@](C#N)(CO)[C@@H](O[Si](C)(C)C(C)(C)C)[C@@H]2C)c(=O)n1. The largest absolute Gasteiger partial charge is 0.409 e. The third-order valence-electron chi connectivity index (χ3n) is 5.78. The van der Waals surface area contributed by atoms with Gasteiger partial charge >= 0.3 is 5.69 Å². The average molecular weight is 423 g/mol. The molecule has 4 atom stereocenters. The van der Waals surface area contributed by atoms with E-state index < -0.39 is 44.5 Å². The molecule has 160 valence electrons. The van der Waals surface area contributed by atoms with Crippen molar-refractivity contribution in [3.05, 3.63) is 22.7 Å². The maximum atomic E-state index is 12.5. The van der Waals surface area contributed by atoms with E-state index in [2.05, 4.69) is 50.2 Å². The predicted octanol–water partition coefficient (Wildman–Crippen LogP) is 2.01. The molecule has 0 saturated carbocycles. The first kappa shape index (κ1) is 23.2. The minimum absolute atomic E-state index is 0.111. The van der Waals surface area contributed by atoms with E-state index in [-0.39, 0.29) is 16.8 Å². The monoisotopic (exact) mass is 422 g/mol. The Morgan fingerprint density at radius 3 is 2.59 bits per heavy atom. The topological polar surface area (TPSA) is 126 Å². The number of carbonyl (C=O) groups is 1. The number of aliphatic hydroxyl groups is 1. The van der Waals surface area contributed by atoms with Crippen molar-refractivity contribution in [1.82, 2.24) is 9.55 Å². The third kappa shape index (κ3) is 4.43. The fourth-order valence-electron chi connectivity index (χ4n) is 3.08. The predicted molar refractivity (Wildman–Crippen MR) is 110 cm³/mol. The van der Waals surface area contributed by atoms with Crippen LogP contribution in [-0.4, -0.2) is 47.2 Å². The molecule has 1 aliphatic heterocycles. The zero-order valence-corrected chi connectivity index (χ0v) is 19.0. The van der Waals surface area contributed by atoms with Crippen LogP contribution in [0, 0.1) is 17.2 Å². The van der Waals surface area contributed by atoms with Gasteiger partial charge in [-0.25, -0.2) is 4.79 Å². The number of ether oxygens (including phenoxy) is 1. The van der Waals surface area contributed by atoms with Crippen molar-refractivity contribution in [2.75, 3.05) is 11.9 Å². The van der Waals surface area contributed by atoms with Crippen molar-refractivity contribution in [3.63, 3.8) is 0 Å². The van der Waals surface area contributed by atoms with Gasteiger partial charge in [0.25, 0.3) is 0 Å². The fourth-order valence-corrected chi connectivity index (χ4v) is 4.47. The fraction of sp³-hybridized carbons (Fsp3) is 0.684. The number of anilines is 1. The number of carbonyl (C=O) groups excluding carboxylic acids is 1. The first-order valence-corrected chi connectivity index (χ1v) is 12.4. The molecule has 1 aliphatic rings. The molecule has 0 spiro atoms. The summed E-state index contributed by atoms with van der Waals surface area (Å²) in [5.41, 5.74) is -2.22. The van der Waals surface area contributed by atoms with Crippen molar-refractivity contribution >= 4 is 20.0 Å². The molecule has 2 heterocycles. The summed E-state index contributed by atoms with van der Waals surface area (Å²) in [7, 11) is -2.30. The van der Waals surface area contributed by atoms with E-state index in [0.717, 1.165) is 0 Å².